The number of nitrogens with zero attached hydrogens (tertiary/aromatic N) is 1. The molecule has 0 aliphatic carbocycles. The molecule has 2 amide bonds. The third-order valence-corrected chi connectivity index (χ3v) is 3.86. The van der Waals surface area contributed by atoms with E-state index < -0.39 is 5.60 Å². The maximum absolute atomic E-state index is 11.6. The van der Waals surface area contributed by atoms with E-state index in [0.717, 1.165) is 0 Å². The summed E-state index contributed by atoms with van der Waals surface area (Å²) in [7, 11) is 0. The van der Waals surface area contributed by atoms with Gasteiger partial charge >= 0.3 is 6.03 Å². The van der Waals surface area contributed by atoms with Crippen LogP contribution in [0.15, 0.2) is 12.3 Å². The van der Waals surface area contributed by atoms with Gasteiger partial charge in [-0.05, 0) is 18.9 Å². The maximum atomic E-state index is 11.6. The van der Waals surface area contributed by atoms with Crippen LogP contribution in [0.25, 0.3) is 0 Å². The van der Waals surface area contributed by atoms with Crippen LogP contribution in [0.1, 0.15) is 20.8 Å². The zero-order chi connectivity index (χ0) is 16.8. The fourth-order valence-corrected chi connectivity index (χ4v) is 1.87. The highest BCUT2D eigenvalue weighted by Crippen LogP contribution is 2.22. The van der Waals surface area contributed by atoms with Crippen LogP contribution >= 0.6 is 23.2 Å². The Kier molecular flexibility index (Phi) is 7.19. The lowest BCUT2D eigenvalue weighted by atomic mass is 9.93. The lowest BCUT2D eigenvalue weighted by Gasteiger charge is -2.27. The fourth-order valence-electron chi connectivity index (χ4n) is 1.43. The number of hydrogen-bond donors (Lipinski definition) is 4. The van der Waals surface area contributed by atoms with Crippen molar-refractivity contribution in [2.45, 2.75) is 26.4 Å². The Morgan fingerprint density at radius 1 is 1.36 bits per heavy atom. The average Bonchev–Trinajstić information content (AvgIpc) is 2.43. The van der Waals surface area contributed by atoms with Gasteiger partial charge in [-0.25, -0.2) is 9.78 Å². The molecule has 0 aliphatic rings. The van der Waals surface area contributed by atoms with Crippen LogP contribution < -0.4 is 16.0 Å². The van der Waals surface area contributed by atoms with E-state index in [2.05, 4.69) is 20.9 Å². The zero-order valence-electron chi connectivity index (χ0n) is 12.9. The summed E-state index contributed by atoms with van der Waals surface area (Å²) in [6.45, 7) is 6.51. The highest BCUT2D eigenvalue weighted by Gasteiger charge is 2.25. The molecular weight excluding hydrogens is 327 g/mol. The van der Waals surface area contributed by atoms with Crippen LogP contribution in [-0.4, -0.2) is 41.4 Å². The summed E-state index contributed by atoms with van der Waals surface area (Å²) in [5, 5.41) is 19.2. The number of urea groups is 1. The molecule has 8 heteroatoms. The maximum Gasteiger partial charge on any atom is 0.314 e. The number of anilines is 1. The van der Waals surface area contributed by atoms with E-state index in [1.807, 2.05) is 13.8 Å². The second kappa shape index (κ2) is 8.41. The molecule has 0 spiro atoms. The first-order chi connectivity index (χ1) is 10.2. The molecule has 0 saturated carbocycles. The second-order valence-corrected chi connectivity index (χ2v) is 6.38. The number of rotatable bonds is 7. The molecule has 0 bridgehead atoms. The Hall–Kier alpha value is -1.24. The minimum absolute atomic E-state index is 0.0487. The molecule has 0 radical (unpaired) electrons. The Bertz CT molecular complexity index is 510. The predicted molar refractivity (Wildman–Crippen MR) is 89.6 cm³/mol. The lowest BCUT2D eigenvalue weighted by molar-refractivity contribution is 0.0166. The van der Waals surface area contributed by atoms with Crippen molar-refractivity contribution in [2.24, 2.45) is 5.92 Å². The second-order valence-electron chi connectivity index (χ2n) is 5.53. The van der Waals surface area contributed by atoms with Crippen molar-refractivity contribution in [2.75, 3.05) is 25.0 Å². The van der Waals surface area contributed by atoms with Crippen molar-refractivity contribution in [1.82, 2.24) is 15.6 Å². The van der Waals surface area contributed by atoms with Crippen LogP contribution in [-0.2, 0) is 0 Å². The van der Waals surface area contributed by atoms with Gasteiger partial charge in [0.25, 0.3) is 0 Å². The average molecular weight is 349 g/mol. The molecule has 1 aromatic heterocycles. The number of hydrogen-bond acceptors (Lipinski definition) is 4. The molecule has 1 rings (SSSR count). The van der Waals surface area contributed by atoms with Crippen molar-refractivity contribution >= 4 is 35.1 Å². The van der Waals surface area contributed by atoms with Crippen LogP contribution in [0.5, 0.6) is 0 Å². The number of amides is 2. The van der Waals surface area contributed by atoms with Crippen molar-refractivity contribution in [1.29, 1.82) is 0 Å². The SMILES string of the molecule is CC(C)C(C)(O)CNC(=O)NCCNc1ncc(Cl)cc1Cl. The fraction of sp³-hybridized carbons (Fsp3) is 0.571. The Morgan fingerprint density at radius 2 is 2.05 bits per heavy atom. The minimum atomic E-state index is -0.934. The number of aliphatic hydroxyl groups is 1. The number of halogens is 2. The Labute approximate surface area is 140 Å². The zero-order valence-corrected chi connectivity index (χ0v) is 14.4. The van der Waals surface area contributed by atoms with Crippen molar-refractivity contribution in [3.8, 4) is 0 Å². The minimum Gasteiger partial charge on any atom is -0.388 e. The highest BCUT2D eigenvalue weighted by molar-refractivity contribution is 6.35. The molecule has 0 aliphatic heterocycles. The van der Waals surface area contributed by atoms with Gasteiger partial charge in [0, 0.05) is 25.8 Å². The van der Waals surface area contributed by atoms with Crippen molar-refractivity contribution in [3.63, 3.8) is 0 Å². The molecule has 1 heterocycles. The summed E-state index contributed by atoms with van der Waals surface area (Å²) in [6, 6.07) is 1.25. The van der Waals surface area contributed by atoms with E-state index in [9.17, 15) is 9.90 Å². The third-order valence-electron chi connectivity index (χ3n) is 3.36. The van der Waals surface area contributed by atoms with Gasteiger partial charge in [-0.3, -0.25) is 0 Å². The van der Waals surface area contributed by atoms with E-state index >= 15 is 0 Å². The summed E-state index contributed by atoms with van der Waals surface area (Å²) in [5.74, 6) is 0.559. The standard InChI is InChI=1S/C14H22Cl2N4O2/c1-9(2)14(3,22)8-20-13(21)18-5-4-17-12-11(16)6-10(15)7-19-12/h6-7,9,22H,4-5,8H2,1-3H3,(H,17,19)(H2,18,20,21). The normalized spacial score (nSPS) is 13.6. The first-order valence-corrected chi connectivity index (χ1v) is 7.77. The van der Waals surface area contributed by atoms with Gasteiger partial charge in [-0.1, -0.05) is 37.0 Å². The number of aromatic nitrogens is 1. The highest BCUT2D eigenvalue weighted by atomic mass is 35.5. The largest absolute Gasteiger partial charge is 0.388 e. The van der Waals surface area contributed by atoms with Crippen LogP contribution in [0.2, 0.25) is 10.0 Å². The summed E-state index contributed by atoms with van der Waals surface area (Å²) < 4.78 is 0. The van der Waals surface area contributed by atoms with Gasteiger partial charge in [0.1, 0.15) is 5.82 Å². The predicted octanol–water partition coefficient (Wildman–Crippen LogP) is 2.51. The summed E-state index contributed by atoms with van der Waals surface area (Å²) in [5.41, 5.74) is -0.934. The molecule has 22 heavy (non-hydrogen) atoms. The molecule has 124 valence electrons. The number of carbonyl (C=O) groups is 1. The quantitative estimate of drug-likeness (QED) is 0.570. The molecule has 6 nitrogen and oxygen atoms in total. The number of carbonyl (C=O) groups excluding carboxylic acids is 1. The molecule has 0 aromatic carbocycles. The van der Waals surface area contributed by atoms with Gasteiger partial charge in [0.15, 0.2) is 0 Å². The van der Waals surface area contributed by atoms with Gasteiger partial charge in [-0.2, -0.15) is 0 Å². The van der Waals surface area contributed by atoms with Crippen molar-refractivity contribution in [3.05, 3.63) is 22.3 Å². The molecule has 1 atom stereocenters. The van der Waals surface area contributed by atoms with E-state index in [1.165, 1.54) is 6.20 Å². The number of pyridine rings is 1. The number of nitrogens with one attached hydrogen (secondary N) is 3. The van der Waals surface area contributed by atoms with E-state index in [1.54, 1.807) is 13.0 Å². The van der Waals surface area contributed by atoms with Gasteiger partial charge in [0.2, 0.25) is 0 Å². The monoisotopic (exact) mass is 348 g/mol. The van der Waals surface area contributed by atoms with Gasteiger partial charge < -0.3 is 21.1 Å². The first-order valence-electron chi connectivity index (χ1n) is 7.01. The molecular formula is C14H22Cl2N4O2. The summed E-state index contributed by atoms with van der Waals surface area (Å²) >= 11 is 11.7. The van der Waals surface area contributed by atoms with E-state index in [0.29, 0.717) is 29.0 Å². The first kappa shape index (κ1) is 18.8. The molecule has 1 aromatic rings. The summed E-state index contributed by atoms with van der Waals surface area (Å²) in [4.78, 5) is 15.7. The third kappa shape index (κ3) is 6.25. The Morgan fingerprint density at radius 3 is 2.64 bits per heavy atom. The van der Waals surface area contributed by atoms with Crippen LogP contribution in [0.3, 0.4) is 0 Å². The lowest BCUT2D eigenvalue weighted by Crippen LogP contribution is -2.48. The molecule has 1 unspecified atom stereocenters. The van der Waals surface area contributed by atoms with Gasteiger partial charge in [0.05, 0.1) is 15.6 Å². The van der Waals surface area contributed by atoms with Gasteiger partial charge in [-0.15, -0.1) is 0 Å². The molecule has 4 N–H and O–H groups in total. The van der Waals surface area contributed by atoms with E-state index in [-0.39, 0.29) is 18.5 Å². The smallest absolute Gasteiger partial charge is 0.314 e. The Balaban J connectivity index is 2.25. The van der Waals surface area contributed by atoms with Crippen LogP contribution in [0, 0.1) is 5.92 Å². The van der Waals surface area contributed by atoms with Crippen molar-refractivity contribution < 1.29 is 9.90 Å². The summed E-state index contributed by atoms with van der Waals surface area (Å²) in [6.07, 6.45) is 1.49. The van der Waals surface area contributed by atoms with E-state index in [4.69, 9.17) is 23.2 Å². The topological polar surface area (TPSA) is 86.3 Å². The molecule has 0 saturated heterocycles. The van der Waals surface area contributed by atoms with Crippen LogP contribution in [0.4, 0.5) is 10.6 Å². The molecule has 0 fully saturated rings.